The van der Waals surface area contributed by atoms with Crippen LogP contribution >= 0.6 is 0 Å². The van der Waals surface area contributed by atoms with Gasteiger partial charge in [0.05, 0.1) is 6.10 Å². The Balaban J connectivity index is 2.48. The second-order valence-corrected chi connectivity index (χ2v) is 5.30. The molecule has 0 fully saturated rings. The maximum Gasteiger partial charge on any atom is 0.0773 e. The summed E-state index contributed by atoms with van der Waals surface area (Å²) < 4.78 is 0. The van der Waals surface area contributed by atoms with Gasteiger partial charge in [-0.2, -0.15) is 0 Å². The van der Waals surface area contributed by atoms with Crippen LogP contribution in [0.1, 0.15) is 47.0 Å². The highest BCUT2D eigenvalue weighted by Gasteiger charge is 2.24. The third-order valence-corrected chi connectivity index (χ3v) is 3.29. The van der Waals surface area contributed by atoms with Gasteiger partial charge in [0.1, 0.15) is 0 Å². The van der Waals surface area contributed by atoms with Gasteiger partial charge in [0.25, 0.3) is 0 Å². The molecule has 1 heteroatoms. The van der Waals surface area contributed by atoms with Crippen molar-refractivity contribution in [2.24, 2.45) is 17.8 Å². The van der Waals surface area contributed by atoms with E-state index in [0.29, 0.717) is 11.8 Å². The van der Waals surface area contributed by atoms with Crippen molar-refractivity contribution in [2.75, 3.05) is 0 Å². The molecule has 1 rings (SSSR count). The maximum atomic E-state index is 9.77. The smallest absolute Gasteiger partial charge is 0.0773 e. The summed E-state index contributed by atoms with van der Waals surface area (Å²) in [5.41, 5.74) is 1.18. The van der Waals surface area contributed by atoms with E-state index in [1.54, 1.807) is 0 Å². The summed E-state index contributed by atoms with van der Waals surface area (Å²) in [5.74, 6) is 1.94. The summed E-state index contributed by atoms with van der Waals surface area (Å²) in [6.07, 6.45) is 5.84. The number of aliphatic hydroxyl groups is 1. The Morgan fingerprint density at radius 1 is 1.50 bits per heavy atom. The lowest BCUT2D eigenvalue weighted by atomic mass is 9.79. The van der Waals surface area contributed by atoms with Gasteiger partial charge < -0.3 is 5.11 Å². The first kappa shape index (κ1) is 11.8. The van der Waals surface area contributed by atoms with Crippen molar-refractivity contribution < 1.29 is 5.11 Å². The predicted octanol–water partition coefficient (Wildman–Crippen LogP) is 3.39. The van der Waals surface area contributed by atoms with Gasteiger partial charge in [-0.1, -0.05) is 33.3 Å². The molecule has 0 radical (unpaired) electrons. The van der Waals surface area contributed by atoms with Gasteiger partial charge in [-0.15, -0.1) is 0 Å². The number of aliphatic hydroxyl groups excluding tert-OH is 1. The number of allylic oxidation sites excluding steroid dienone is 1. The average Bonchev–Trinajstić information content (AvgIpc) is 2.10. The molecule has 0 saturated carbocycles. The minimum absolute atomic E-state index is 0.190. The van der Waals surface area contributed by atoms with E-state index in [1.807, 2.05) is 0 Å². The van der Waals surface area contributed by atoms with Crippen LogP contribution in [0.4, 0.5) is 0 Å². The molecule has 0 aromatic carbocycles. The Labute approximate surface area is 88.2 Å². The molecule has 1 N–H and O–H groups in total. The van der Waals surface area contributed by atoms with Gasteiger partial charge in [-0.25, -0.2) is 0 Å². The molecular weight excluding hydrogens is 172 g/mol. The van der Waals surface area contributed by atoms with E-state index in [1.165, 1.54) is 18.4 Å². The van der Waals surface area contributed by atoms with Crippen molar-refractivity contribution in [1.29, 1.82) is 0 Å². The quantitative estimate of drug-likeness (QED) is 0.686. The fourth-order valence-corrected chi connectivity index (χ4v) is 2.34. The second-order valence-electron chi connectivity index (χ2n) is 5.30. The Morgan fingerprint density at radius 3 is 2.64 bits per heavy atom. The molecule has 0 aromatic heterocycles. The van der Waals surface area contributed by atoms with Crippen LogP contribution in [-0.2, 0) is 0 Å². The highest BCUT2D eigenvalue weighted by Crippen LogP contribution is 2.31. The maximum absolute atomic E-state index is 9.77. The van der Waals surface area contributed by atoms with E-state index >= 15 is 0 Å². The molecule has 0 amide bonds. The first-order valence-electron chi connectivity index (χ1n) is 5.87. The van der Waals surface area contributed by atoms with Gasteiger partial charge in [0, 0.05) is 0 Å². The lowest BCUT2D eigenvalue weighted by Crippen LogP contribution is -2.26. The van der Waals surface area contributed by atoms with E-state index < -0.39 is 0 Å². The van der Waals surface area contributed by atoms with Gasteiger partial charge in [0.2, 0.25) is 0 Å². The van der Waals surface area contributed by atoms with Crippen LogP contribution in [0.15, 0.2) is 11.6 Å². The fourth-order valence-electron chi connectivity index (χ4n) is 2.34. The van der Waals surface area contributed by atoms with Crippen LogP contribution in [0.2, 0.25) is 0 Å². The first-order chi connectivity index (χ1) is 6.50. The lowest BCUT2D eigenvalue weighted by molar-refractivity contribution is 0.124. The van der Waals surface area contributed by atoms with Gasteiger partial charge in [-0.3, -0.25) is 0 Å². The molecule has 0 spiro atoms. The number of rotatable bonds is 3. The van der Waals surface area contributed by atoms with E-state index in [2.05, 4.69) is 33.8 Å². The van der Waals surface area contributed by atoms with Crippen LogP contribution in [0, 0.1) is 17.8 Å². The molecule has 1 nitrogen and oxygen atoms in total. The molecule has 0 bridgehead atoms. The molecule has 0 saturated heterocycles. The van der Waals surface area contributed by atoms with Crippen LogP contribution in [0.25, 0.3) is 0 Å². The van der Waals surface area contributed by atoms with Crippen LogP contribution in [0.3, 0.4) is 0 Å². The van der Waals surface area contributed by atoms with Gasteiger partial charge in [-0.05, 0) is 43.1 Å². The van der Waals surface area contributed by atoms with E-state index in [-0.39, 0.29) is 6.10 Å². The standard InChI is InChI=1S/C13H24O/c1-9(2)5-6-12-7-10(3)13(14)11(4)8-12/h7,9,11-14H,5-6,8H2,1-4H3. The Kier molecular flexibility index (Phi) is 4.18. The van der Waals surface area contributed by atoms with Crippen molar-refractivity contribution in [2.45, 2.75) is 53.1 Å². The van der Waals surface area contributed by atoms with Crippen molar-refractivity contribution in [3.05, 3.63) is 11.6 Å². The van der Waals surface area contributed by atoms with E-state index in [4.69, 9.17) is 0 Å². The second kappa shape index (κ2) is 4.97. The van der Waals surface area contributed by atoms with Crippen LogP contribution < -0.4 is 0 Å². The molecule has 0 aliphatic heterocycles. The lowest BCUT2D eigenvalue weighted by Gasteiger charge is -2.30. The highest BCUT2D eigenvalue weighted by atomic mass is 16.3. The molecule has 3 atom stereocenters. The number of hydrogen-bond acceptors (Lipinski definition) is 1. The van der Waals surface area contributed by atoms with Gasteiger partial charge in [0.15, 0.2) is 0 Å². The SMILES string of the molecule is CC1=CC(CCC(C)C)CC(C)C1O. The molecule has 1 aliphatic carbocycles. The molecule has 1 aliphatic rings. The molecule has 82 valence electrons. The summed E-state index contributed by atoms with van der Waals surface area (Å²) in [6.45, 7) is 8.77. The molecule has 3 unspecified atom stereocenters. The summed E-state index contributed by atoms with van der Waals surface area (Å²) in [7, 11) is 0. The molecule has 14 heavy (non-hydrogen) atoms. The van der Waals surface area contributed by atoms with Crippen molar-refractivity contribution in [1.82, 2.24) is 0 Å². The highest BCUT2D eigenvalue weighted by molar-refractivity contribution is 5.12. The monoisotopic (exact) mass is 196 g/mol. The van der Waals surface area contributed by atoms with Crippen LogP contribution in [-0.4, -0.2) is 11.2 Å². The van der Waals surface area contributed by atoms with E-state index in [0.717, 1.165) is 12.3 Å². The topological polar surface area (TPSA) is 20.2 Å². The fraction of sp³-hybridized carbons (Fsp3) is 0.846. The largest absolute Gasteiger partial charge is 0.388 e. The molecule has 0 heterocycles. The predicted molar refractivity (Wildman–Crippen MR) is 61.1 cm³/mol. The van der Waals surface area contributed by atoms with E-state index in [9.17, 15) is 5.11 Å². The van der Waals surface area contributed by atoms with Crippen LogP contribution in [0.5, 0.6) is 0 Å². The van der Waals surface area contributed by atoms with Crippen molar-refractivity contribution in [3.8, 4) is 0 Å². The zero-order valence-electron chi connectivity index (χ0n) is 9.96. The van der Waals surface area contributed by atoms with Crippen molar-refractivity contribution in [3.63, 3.8) is 0 Å². The Hall–Kier alpha value is -0.300. The average molecular weight is 196 g/mol. The minimum atomic E-state index is -0.190. The van der Waals surface area contributed by atoms with Crippen molar-refractivity contribution >= 4 is 0 Å². The Bertz CT molecular complexity index is 205. The van der Waals surface area contributed by atoms with Gasteiger partial charge >= 0.3 is 0 Å². The summed E-state index contributed by atoms with van der Waals surface area (Å²) in [4.78, 5) is 0. The third kappa shape index (κ3) is 3.13. The Morgan fingerprint density at radius 2 is 2.14 bits per heavy atom. The number of hydrogen-bond donors (Lipinski definition) is 1. The summed E-state index contributed by atoms with van der Waals surface area (Å²) in [6, 6.07) is 0. The zero-order valence-corrected chi connectivity index (χ0v) is 9.96. The first-order valence-corrected chi connectivity index (χ1v) is 5.87. The summed E-state index contributed by atoms with van der Waals surface area (Å²) >= 11 is 0. The third-order valence-electron chi connectivity index (χ3n) is 3.29. The zero-order chi connectivity index (χ0) is 10.7. The minimum Gasteiger partial charge on any atom is -0.388 e. The normalized spacial score (nSPS) is 33.3. The summed E-state index contributed by atoms with van der Waals surface area (Å²) in [5, 5.41) is 9.77. The molecule has 0 aromatic rings. The molecular formula is C13H24O.